The molecule has 1 atom stereocenters. The second-order valence-electron chi connectivity index (χ2n) is 3.95. The first-order valence-corrected chi connectivity index (χ1v) is 7.21. The van der Waals surface area contributed by atoms with Gasteiger partial charge in [0.25, 0.3) is 5.91 Å². The van der Waals surface area contributed by atoms with Crippen molar-refractivity contribution >= 4 is 40.4 Å². The van der Waals surface area contributed by atoms with Crippen LogP contribution in [0.25, 0.3) is 0 Å². The van der Waals surface area contributed by atoms with Gasteiger partial charge in [-0.1, -0.05) is 30.1 Å². The second kappa shape index (κ2) is 6.32. The average Bonchev–Trinajstić information content (AvgIpc) is 2.92. The van der Waals surface area contributed by atoms with Gasteiger partial charge < -0.3 is 5.32 Å². The number of hydrogen-bond donors (Lipinski definition) is 1. The van der Waals surface area contributed by atoms with Crippen molar-refractivity contribution in [2.45, 2.75) is 12.8 Å². The van der Waals surface area contributed by atoms with Gasteiger partial charge in [0.2, 0.25) is 0 Å². The van der Waals surface area contributed by atoms with Gasteiger partial charge in [-0.05, 0) is 12.1 Å². The summed E-state index contributed by atoms with van der Waals surface area (Å²) in [6.45, 7) is 2.46. The van der Waals surface area contributed by atoms with Gasteiger partial charge in [-0.25, -0.2) is 9.97 Å². The van der Waals surface area contributed by atoms with E-state index in [0.29, 0.717) is 6.54 Å². The van der Waals surface area contributed by atoms with Crippen molar-refractivity contribution in [2.24, 2.45) is 0 Å². The molecule has 7 heteroatoms. The molecule has 1 N–H and O–H groups in total. The van der Waals surface area contributed by atoms with E-state index in [-0.39, 0.29) is 27.7 Å². The van der Waals surface area contributed by atoms with Gasteiger partial charge in [-0.2, -0.15) is 0 Å². The summed E-state index contributed by atoms with van der Waals surface area (Å²) in [6, 6.07) is 3.09. The highest BCUT2D eigenvalue weighted by atomic mass is 35.5. The van der Waals surface area contributed by atoms with Crippen LogP contribution in [0.5, 0.6) is 0 Å². The van der Waals surface area contributed by atoms with Gasteiger partial charge in [0, 0.05) is 24.0 Å². The molecular formula is C12H11Cl2N3OS. The fourth-order valence-electron chi connectivity index (χ4n) is 1.47. The van der Waals surface area contributed by atoms with Crippen LogP contribution in [0.3, 0.4) is 0 Å². The monoisotopic (exact) mass is 315 g/mol. The van der Waals surface area contributed by atoms with Crippen LogP contribution in [0.1, 0.15) is 28.3 Å². The zero-order chi connectivity index (χ0) is 13.8. The molecule has 4 nitrogen and oxygen atoms in total. The molecule has 0 aliphatic rings. The smallest absolute Gasteiger partial charge is 0.271 e. The summed E-state index contributed by atoms with van der Waals surface area (Å²) in [5.41, 5.74) is 0.139. The van der Waals surface area contributed by atoms with Gasteiger partial charge >= 0.3 is 0 Å². The first-order chi connectivity index (χ1) is 9.08. The van der Waals surface area contributed by atoms with Gasteiger partial charge in [0.15, 0.2) is 0 Å². The van der Waals surface area contributed by atoms with Crippen molar-refractivity contribution in [3.8, 4) is 0 Å². The van der Waals surface area contributed by atoms with Crippen molar-refractivity contribution in [1.82, 2.24) is 15.3 Å². The zero-order valence-corrected chi connectivity index (χ0v) is 12.4. The Morgan fingerprint density at radius 3 is 2.95 bits per heavy atom. The SMILES string of the molecule is CC(CNC(=O)c1nc(Cl)ccc1Cl)c1nccs1. The Hall–Kier alpha value is -1.17. The fourth-order valence-corrected chi connectivity index (χ4v) is 2.51. The number of nitrogens with zero attached hydrogens (tertiary/aromatic N) is 2. The maximum Gasteiger partial charge on any atom is 0.271 e. The third kappa shape index (κ3) is 3.65. The third-order valence-electron chi connectivity index (χ3n) is 2.47. The summed E-state index contributed by atoms with van der Waals surface area (Å²) in [4.78, 5) is 20.1. The highest BCUT2D eigenvalue weighted by Gasteiger charge is 2.15. The molecular weight excluding hydrogens is 305 g/mol. The predicted molar refractivity (Wildman–Crippen MR) is 77.1 cm³/mol. The standard InChI is InChI=1S/C12H11Cl2N3OS/c1-7(12-15-4-5-19-12)6-16-11(18)10-8(13)2-3-9(14)17-10/h2-5,7H,6H2,1H3,(H,16,18). The minimum atomic E-state index is -0.337. The number of hydrogen-bond acceptors (Lipinski definition) is 4. The van der Waals surface area contributed by atoms with Crippen LogP contribution < -0.4 is 5.32 Å². The second-order valence-corrected chi connectivity index (χ2v) is 5.67. The molecule has 0 radical (unpaired) electrons. The topological polar surface area (TPSA) is 54.9 Å². The van der Waals surface area contributed by atoms with Gasteiger partial charge in [0.1, 0.15) is 10.8 Å². The molecule has 1 amide bonds. The molecule has 0 aliphatic carbocycles. The molecule has 19 heavy (non-hydrogen) atoms. The highest BCUT2D eigenvalue weighted by molar-refractivity contribution is 7.09. The fraction of sp³-hybridized carbons (Fsp3) is 0.250. The Balaban J connectivity index is 2.00. The van der Waals surface area contributed by atoms with Gasteiger partial charge in [-0.15, -0.1) is 11.3 Å². The van der Waals surface area contributed by atoms with Crippen LogP contribution >= 0.6 is 34.5 Å². The Labute approximate surface area is 124 Å². The lowest BCUT2D eigenvalue weighted by molar-refractivity contribution is 0.0947. The van der Waals surface area contributed by atoms with Crippen LogP contribution in [0.4, 0.5) is 0 Å². The molecule has 0 spiro atoms. The zero-order valence-electron chi connectivity index (χ0n) is 10.1. The molecule has 0 saturated carbocycles. The number of amides is 1. The number of halogens is 2. The summed E-state index contributed by atoms with van der Waals surface area (Å²) < 4.78 is 0. The van der Waals surface area contributed by atoms with Gasteiger partial charge in [-0.3, -0.25) is 4.79 Å². The molecule has 2 aromatic rings. The molecule has 0 aromatic carbocycles. The summed E-state index contributed by atoms with van der Waals surface area (Å²) in [6.07, 6.45) is 1.74. The molecule has 2 aromatic heterocycles. The molecule has 1 unspecified atom stereocenters. The van der Waals surface area contributed by atoms with Crippen LogP contribution in [0.2, 0.25) is 10.2 Å². The number of nitrogens with one attached hydrogen (secondary N) is 1. The molecule has 0 bridgehead atoms. The van der Waals surface area contributed by atoms with E-state index in [2.05, 4.69) is 15.3 Å². The van der Waals surface area contributed by atoms with E-state index in [9.17, 15) is 4.79 Å². The van der Waals surface area contributed by atoms with E-state index < -0.39 is 0 Å². The molecule has 0 aliphatic heterocycles. The lowest BCUT2D eigenvalue weighted by Crippen LogP contribution is -2.28. The minimum absolute atomic E-state index is 0.139. The van der Waals surface area contributed by atoms with Crippen LogP contribution in [0.15, 0.2) is 23.7 Å². The molecule has 0 saturated heterocycles. The van der Waals surface area contributed by atoms with Crippen molar-refractivity contribution in [1.29, 1.82) is 0 Å². The predicted octanol–water partition coefficient (Wildman–Crippen LogP) is 3.38. The van der Waals surface area contributed by atoms with Crippen molar-refractivity contribution in [2.75, 3.05) is 6.54 Å². The lowest BCUT2D eigenvalue weighted by atomic mass is 10.2. The average molecular weight is 316 g/mol. The van der Waals surface area contributed by atoms with Crippen LogP contribution in [-0.4, -0.2) is 22.4 Å². The van der Waals surface area contributed by atoms with E-state index in [4.69, 9.17) is 23.2 Å². The molecule has 0 fully saturated rings. The third-order valence-corrected chi connectivity index (χ3v) is 3.99. The number of thiazole rings is 1. The highest BCUT2D eigenvalue weighted by Crippen LogP contribution is 2.18. The van der Waals surface area contributed by atoms with E-state index in [1.165, 1.54) is 0 Å². The lowest BCUT2D eigenvalue weighted by Gasteiger charge is -2.10. The summed E-state index contributed by atoms with van der Waals surface area (Å²) in [7, 11) is 0. The van der Waals surface area contributed by atoms with Crippen molar-refractivity contribution in [3.05, 3.63) is 44.6 Å². The van der Waals surface area contributed by atoms with Crippen LogP contribution in [0, 0.1) is 0 Å². The van der Waals surface area contributed by atoms with Crippen molar-refractivity contribution < 1.29 is 4.79 Å². The van der Waals surface area contributed by atoms with E-state index in [0.717, 1.165) is 5.01 Å². The first kappa shape index (κ1) is 14.2. The maximum atomic E-state index is 12.0. The minimum Gasteiger partial charge on any atom is -0.350 e. The first-order valence-electron chi connectivity index (χ1n) is 5.57. The molecule has 100 valence electrons. The Bertz CT molecular complexity index is 574. The summed E-state index contributed by atoms with van der Waals surface area (Å²) in [5, 5.41) is 6.18. The maximum absolute atomic E-state index is 12.0. The number of aromatic nitrogens is 2. The molecule has 2 heterocycles. The largest absolute Gasteiger partial charge is 0.350 e. The molecule has 2 rings (SSSR count). The Morgan fingerprint density at radius 1 is 1.47 bits per heavy atom. The number of rotatable bonds is 4. The van der Waals surface area contributed by atoms with Gasteiger partial charge in [0.05, 0.1) is 10.0 Å². The summed E-state index contributed by atoms with van der Waals surface area (Å²) >= 11 is 13.2. The van der Waals surface area contributed by atoms with E-state index >= 15 is 0 Å². The number of carbonyl (C=O) groups excluding carboxylic acids is 1. The van der Waals surface area contributed by atoms with Crippen molar-refractivity contribution in [3.63, 3.8) is 0 Å². The normalized spacial score (nSPS) is 12.2. The summed E-state index contributed by atoms with van der Waals surface area (Å²) in [5.74, 6) is -0.196. The van der Waals surface area contributed by atoms with Crippen LogP contribution in [-0.2, 0) is 0 Å². The Kier molecular flexibility index (Phi) is 4.74. The quantitative estimate of drug-likeness (QED) is 0.880. The number of carbonyl (C=O) groups is 1. The number of pyridine rings is 1. The Morgan fingerprint density at radius 2 is 2.26 bits per heavy atom. The van der Waals surface area contributed by atoms with E-state index in [1.54, 1.807) is 29.7 Å². The van der Waals surface area contributed by atoms with E-state index in [1.807, 2.05) is 12.3 Å².